The molecule has 1 fully saturated rings. The predicted molar refractivity (Wildman–Crippen MR) is 88.7 cm³/mol. The van der Waals surface area contributed by atoms with Crippen molar-refractivity contribution in [2.75, 3.05) is 26.3 Å². The number of ether oxygens (including phenoxy) is 1. The molecule has 1 aromatic rings. The van der Waals surface area contributed by atoms with Gasteiger partial charge in [-0.25, -0.2) is 8.42 Å². The quantitative estimate of drug-likeness (QED) is 0.609. The van der Waals surface area contributed by atoms with Crippen LogP contribution in [0.5, 0.6) is 0 Å². The molecule has 0 N–H and O–H groups in total. The summed E-state index contributed by atoms with van der Waals surface area (Å²) in [7, 11) is -3.80. The predicted octanol–water partition coefficient (Wildman–Crippen LogP) is 2.09. The van der Waals surface area contributed by atoms with Gasteiger partial charge in [-0.2, -0.15) is 0 Å². The summed E-state index contributed by atoms with van der Waals surface area (Å²) in [6.45, 7) is 5.95. The Labute approximate surface area is 137 Å². The van der Waals surface area contributed by atoms with E-state index in [0.717, 1.165) is 18.7 Å². The molecule has 0 unspecified atom stereocenters. The summed E-state index contributed by atoms with van der Waals surface area (Å²) in [5.41, 5.74) is 0.963. The molecule has 124 valence electrons. The van der Waals surface area contributed by atoms with Gasteiger partial charge in [-0.05, 0) is 44.3 Å². The number of carbonyl (C=O) groups excluding carboxylic acids is 1. The molecule has 0 spiro atoms. The molecular weight excluding hydrogens is 314 g/mol. The minimum absolute atomic E-state index is 0.129. The average molecular weight is 335 g/mol. The molecule has 0 radical (unpaired) electrons. The zero-order valence-electron chi connectivity index (χ0n) is 13.4. The molecule has 0 aromatic heterocycles. The van der Waals surface area contributed by atoms with E-state index in [1.807, 2.05) is 11.8 Å². The number of morpholine rings is 1. The number of ketones is 1. The highest BCUT2D eigenvalue weighted by atomic mass is 32.2. The van der Waals surface area contributed by atoms with Gasteiger partial charge in [0.25, 0.3) is 0 Å². The van der Waals surface area contributed by atoms with Gasteiger partial charge in [0.2, 0.25) is 9.84 Å². The first-order chi connectivity index (χ1) is 10.9. The van der Waals surface area contributed by atoms with Crippen molar-refractivity contribution in [3.8, 4) is 0 Å². The summed E-state index contributed by atoms with van der Waals surface area (Å²) >= 11 is 0. The van der Waals surface area contributed by atoms with Gasteiger partial charge < -0.3 is 9.64 Å². The molecule has 0 amide bonds. The Morgan fingerprint density at radius 3 is 2.35 bits per heavy atom. The molecule has 1 heterocycles. The van der Waals surface area contributed by atoms with E-state index in [1.165, 1.54) is 25.1 Å². The Morgan fingerprint density at radius 1 is 1.17 bits per heavy atom. The van der Waals surface area contributed by atoms with Gasteiger partial charge in [0.1, 0.15) is 4.91 Å². The number of nitrogens with zero attached hydrogens (tertiary/aromatic N) is 1. The zero-order chi connectivity index (χ0) is 16.9. The molecule has 0 aliphatic carbocycles. The van der Waals surface area contributed by atoms with Crippen LogP contribution in [0, 0.1) is 6.92 Å². The number of aryl methyl sites for hydroxylation is 1. The van der Waals surface area contributed by atoms with Crippen LogP contribution in [-0.4, -0.2) is 45.4 Å². The number of hydrogen-bond donors (Lipinski definition) is 0. The topological polar surface area (TPSA) is 63.7 Å². The molecule has 2 rings (SSSR count). The third-order valence-corrected chi connectivity index (χ3v) is 5.45. The van der Waals surface area contributed by atoms with Crippen LogP contribution in [0.4, 0.5) is 0 Å². The van der Waals surface area contributed by atoms with Crippen molar-refractivity contribution in [1.82, 2.24) is 4.90 Å². The van der Waals surface area contributed by atoms with Crippen molar-refractivity contribution < 1.29 is 17.9 Å². The molecule has 5 nitrogen and oxygen atoms in total. The van der Waals surface area contributed by atoms with E-state index in [0.29, 0.717) is 13.2 Å². The van der Waals surface area contributed by atoms with Crippen molar-refractivity contribution in [2.45, 2.75) is 18.7 Å². The molecule has 1 aliphatic rings. The van der Waals surface area contributed by atoms with Gasteiger partial charge in [-0.3, -0.25) is 4.79 Å². The first-order valence-electron chi connectivity index (χ1n) is 7.44. The largest absolute Gasteiger partial charge is 0.378 e. The number of sulfone groups is 1. The maximum Gasteiger partial charge on any atom is 0.210 e. The maximum absolute atomic E-state index is 12.6. The van der Waals surface area contributed by atoms with Gasteiger partial charge in [0, 0.05) is 13.1 Å². The number of hydrogen-bond acceptors (Lipinski definition) is 5. The minimum atomic E-state index is -3.80. The highest BCUT2D eigenvalue weighted by Gasteiger charge is 2.23. The second-order valence-electron chi connectivity index (χ2n) is 5.39. The summed E-state index contributed by atoms with van der Waals surface area (Å²) < 4.78 is 30.5. The number of carbonyl (C=O) groups is 1. The van der Waals surface area contributed by atoms with Crippen molar-refractivity contribution in [3.05, 3.63) is 53.1 Å². The van der Waals surface area contributed by atoms with Crippen LogP contribution < -0.4 is 0 Å². The number of Topliss-reactive ketones (excluding diaryl/α,β-unsaturated/α-hetero) is 1. The van der Waals surface area contributed by atoms with E-state index in [-0.39, 0.29) is 9.80 Å². The highest BCUT2D eigenvalue weighted by Crippen LogP contribution is 2.20. The van der Waals surface area contributed by atoms with E-state index in [4.69, 9.17) is 4.74 Å². The average Bonchev–Trinajstić information content (AvgIpc) is 2.52. The molecule has 0 saturated carbocycles. The molecule has 1 aromatic carbocycles. The third kappa shape index (κ3) is 4.53. The van der Waals surface area contributed by atoms with Gasteiger partial charge in [0.05, 0.1) is 18.1 Å². The van der Waals surface area contributed by atoms with Gasteiger partial charge in [-0.15, -0.1) is 0 Å². The van der Waals surface area contributed by atoms with Crippen LogP contribution in [0.1, 0.15) is 12.5 Å². The van der Waals surface area contributed by atoms with Gasteiger partial charge >= 0.3 is 0 Å². The lowest BCUT2D eigenvalue weighted by Crippen LogP contribution is -2.31. The molecule has 6 heteroatoms. The van der Waals surface area contributed by atoms with Crippen molar-refractivity contribution >= 4 is 15.6 Å². The Bertz CT molecular complexity index is 711. The lowest BCUT2D eigenvalue weighted by molar-refractivity contribution is -0.113. The minimum Gasteiger partial charge on any atom is -0.378 e. The van der Waals surface area contributed by atoms with Crippen molar-refractivity contribution in [2.24, 2.45) is 0 Å². The SMILES string of the molecule is CC(=O)C(=CC=CN1CCOCC1)S(=O)(=O)c1ccc(C)cc1. The monoisotopic (exact) mass is 335 g/mol. The second-order valence-corrected chi connectivity index (χ2v) is 7.31. The van der Waals surface area contributed by atoms with Crippen LogP contribution in [0.2, 0.25) is 0 Å². The Hall–Kier alpha value is -1.92. The fourth-order valence-corrected chi connectivity index (χ4v) is 3.60. The Kier molecular flexibility index (Phi) is 5.74. The summed E-state index contributed by atoms with van der Waals surface area (Å²) in [5.74, 6) is -0.475. The highest BCUT2D eigenvalue weighted by molar-refractivity contribution is 7.96. The molecule has 1 saturated heterocycles. The lowest BCUT2D eigenvalue weighted by atomic mass is 10.2. The van der Waals surface area contributed by atoms with Crippen LogP contribution >= 0.6 is 0 Å². The van der Waals surface area contributed by atoms with Crippen LogP contribution in [0.15, 0.2) is 52.4 Å². The van der Waals surface area contributed by atoms with Crippen LogP contribution in [0.25, 0.3) is 0 Å². The standard InChI is InChI=1S/C17H21NO4S/c1-14-5-7-16(8-6-14)23(20,21)17(15(2)19)4-3-9-18-10-12-22-13-11-18/h3-9H,10-13H2,1-2H3. The van der Waals surface area contributed by atoms with Gasteiger partial charge in [-0.1, -0.05) is 17.7 Å². The van der Waals surface area contributed by atoms with Crippen molar-refractivity contribution in [1.29, 1.82) is 0 Å². The number of rotatable bonds is 5. The maximum atomic E-state index is 12.6. The molecule has 0 atom stereocenters. The summed E-state index contributed by atoms with van der Waals surface area (Å²) in [6, 6.07) is 6.47. The lowest BCUT2D eigenvalue weighted by Gasteiger charge is -2.24. The molecule has 0 bridgehead atoms. The Balaban J connectivity index is 2.26. The fourth-order valence-electron chi connectivity index (χ4n) is 2.22. The first kappa shape index (κ1) is 17.4. The van der Waals surface area contributed by atoms with Crippen LogP contribution in [0.3, 0.4) is 0 Å². The van der Waals surface area contributed by atoms with Gasteiger partial charge in [0.15, 0.2) is 5.78 Å². The number of benzene rings is 1. The van der Waals surface area contributed by atoms with Crippen molar-refractivity contribution in [3.63, 3.8) is 0 Å². The van der Waals surface area contributed by atoms with Crippen LogP contribution in [-0.2, 0) is 19.4 Å². The second kappa shape index (κ2) is 7.57. The van der Waals surface area contributed by atoms with E-state index in [1.54, 1.807) is 24.4 Å². The Morgan fingerprint density at radius 2 is 1.78 bits per heavy atom. The van der Waals surface area contributed by atoms with E-state index >= 15 is 0 Å². The first-order valence-corrected chi connectivity index (χ1v) is 8.92. The smallest absolute Gasteiger partial charge is 0.210 e. The van der Waals surface area contributed by atoms with E-state index in [2.05, 4.69) is 0 Å². The summed E-state index contributed by atoms with van der Waals surface area (Å²) in [6.07, 6.45) is 4.76. The third-order valence-electron chi connectivity index (χ3n) is 3.56. The zero-order valence-corrected chi connectivity index (χ0v) is 14.2. The fraction of sp³-hybridized carbons (Fsp3) is 0.353. The summed E-state index contributed by atoms with van der Waals surface area (Å²) in [4.78, 5) is 13.7. The van der Waals surface area contributed by atoms with E-state index < -0.39 is 15.6 Å². The van der Waals surface area contributed by atoms with E-state index in [9.17, 15) is 13.2 Å². The molecular formula is C17H21NO4S. The molecule has 23 heavy (non-hydrogen) atoms. The number of allylic oxidation sites excluding steroid dienone is 3. The normalized spacial score (nSPS) is 16.8. The molecule has 1 aliphatic heterocycles. The summed E-state index contributed by atoms with van der Waals surface area (Å²) in [5, 5.41) is 0.